The van der Waals surface area contributed by atoms with E-state index in [9.17, 15) is 22.5 Å². The van der Waals surface area contributed by atoms with Gasteiger partial charge in [-0.3, -0.25) is 0 Å². The Morgan fingerprint density at radius 1 is 1.41 bits per heavy atom. The Balaban J connectivity index is 1.99. The van der Waals surface area contributed by atoms with Crippen LogP contribution in [0.4, 0.5) is 17.6 Å². The fourth-order valence-corrected chi connectivity index (χ4v) is 3.41. The Kier molecular flexibility index (Phi) is 6.21. The average Bonchev–Trinajstić information content (AvgIpc) is 3.05. The predicted molar refractivity (Wildman–Crippen MR) is 100.0 cm³/mol. The number of nitrogens with zero attached hydrogens (tertiary/aromatic N) is 3. The second kappa shape index (κ2) is 8.48. The molecule has 0 fully saturated rings. The number of nitroso groups, excluding NO2 is 1. The molecule has 1 atom stereocenters. The third kappa shape index (κ3) is 4.58. The maximum absolute atomic E-state index is 13.6. The van der Waals surface area contributed by atoms with Gasteiger partial charge in [-0.1, -0.05) is 22.8 Å². The van der Waals surface area contributed by atoms with Crippen molar-refractivity contribution in [2.24, 2.45) is 5.18 Å². The number of halogens is 4. The van der Waals surface area contributed by atoms with Gasteiger partial charge in [0, 0.05) is 5.56 Å². The summed E-state index contributed by atoms with van der Waals surface area (Å²) in [4.78, 5) is 10.3. The van der Waals surface area contributed by atoms with Crippen LogP contribution >= 0.6 is 0 Å². The Labute approximate surface area is 166 Å². The van der Waals surface area contributed by atoms with E-state index >= 15 is 0 Å². The maximum Gasteiger partial charge on any atom is 0.435 e. The molecule has 2 aromatic rings. The molecule has 1 unspecified atom stereocenters. The highest BCUT2D eigenvalue weighted by atomic mass is 19.4. The summed E-state index contributed by atoms with van der Waals surface area (Å²) in [5, 5.41) is 6.54. The lowest BCUT2D eigenvalue weighted by Crippen LogP contribution is -2.19. The zero-order chi connectivity index (χ0) is 21.2. The van der Waals surface area contributed by atoms with Gasteiger partial charge in [0.05, 0.1) is 24.1 Å². The van der Waals surface area contributed by atoms with Gasteiger partial charge in [0.25, 0.3) is 0 Å². The van der Waals surface area contributed by atoms with Crippen molar-refractivity contribution in [2.45, 2.75) is 38.0 Å². The fourth-order valence-electron chi connectivity index (χ4n) is 3.41. The minimum atomic E-state index is -4.63. The van der Waals surface area contributed by atoms with Crippen molar-refractivity contribution in [3.05, 3.63) is 58.0 Å². The smallest absolute Gasteiger partial charge is 0.372 e. The van der Waals surface area contributed by atoms with E-state index in [0.717, 1.165) is 10.7 Å². The van der Waals surface area contributed by atoms with Crippen LogP contribution in [0.3, 0.4) is 0 Å². The molecule has 1 aliphatic carbocycles. The molecule has 0 amide bonds. The van der Waals surface area contributed by atoms with Crippen LogP contribution in [-0.2, 0) is 17.3 Å². The van der Waals surface area contributed by atoms with Crippen molar-refractivity contribution in [2.75, 3.05) is 13.2 Å². The number of hydrogen-bond donors (Lipinski definition) is 0. The van der Waals surface area contributed by atoms with E-state index in [1.165, 1.54) is 12.1 Å². The number of rotatable bonds is 7. The number of benzene rings is 1. The van der Waals surface area contributed by atoms with Crippen LogP contribution in [0.15, 0.2) is 35.5 Å². The summed E-state index contributed by atoms with van der Waals surface area (Å²) in [6, 6.07) is 3.65. The first-order valence-electron chi connectivity index (χ1n) is 9.04. The van der Waals surface area contributed by atoms with Gasteiger partial charge in [-0.05, 0) is 43.9 Å². The molecule has 2 radical (unpaired) electrons. The molecule has 1 aromatic carbocycles. The first-order valence-corrected chi connectivity index (χ1v) is 9.04. The Morgan fingerprint density at radius 3 is 2.83 bits per heavy atom. The van der Waals surface area contributed by atoms with E-state index in [4.69, 9.17) is 12.6 Å². The highest BCUT2D eigenvalue weighted by Gasteiger charge is 2.42. The van der Waals surface area contributed by atoms with E-state index in [-0.39, 0.29) is 42.0 Å². The molecule has 0 bridgehead atoms. The van der Waals surface area contributed by atoms with Gasteiger partial charge in [-0.15, -0.1) is 0 Å². The lowest BCUT2D eigenvalue weighted by Gasteiger charge is -2.25. The third-order valence-electron chi connectivity index (χ3n) is 4.78. The monoisotopic (exact) mass is 407 g/mol. The van der Waals surface area contributed by atoms with Gasteiger partial charge in [0.15, 0.2) is 5.69 Å². The molecule has 3 rings (SSSR count). The third-order valence-corrected chi connectivity index (χ3v) is 4.78. The second-order valence-corrected chi connectivity index (χ2v) is 6.87. The van der Waals surface area contributed by atoms with Gasteiger partial charge < -0.3 is 4.74 Å². The highest BCUT2D eigenvalue weighted by Crippen LogP contribution is 2.41. The SMILES string of the molecule is [B]c1cc(-n2nc(C(F)(F)F)c3c2C(OCCC(=C)CN=O)CCC3)ccc1F. The molecule has 1 aliphatic rings. The summed E-state index contributed by atoms with van der Waals surface area (Å²) in [6.07, 6.45) is -3.68. The number of aromatic nitrogens is 2. The molecule has 5 nitrogen and oxygen atoms in total. The van der Waals surface area contributed by atoms with Gasteiger partial charge in [-0.25, -0.2) is 9.07 Å². The highest BCUT2D eigenvalue weighted by molar-refractivity contribution is 6.32. The Morgan fingerprint density at radius 2 is 2.17 bits per heavy atom. The van der Waals surface area contributed by atoms with Gasteiger partial charge in [0.1, 0.15) is 20.2 Å². The van der Waals surface area contributed by atoms with Crippen LogP contribution in [0.5, 0.6) is 0 Å². The zero-order valence-corrected chi connectivity index (χ0v) is 15.5. The van der Waals surface area contributed by atoms with Crippen LogP contribution in [0.1, 0.15) is 42.3 Å². The van der Waals surface area contributed by atoms with Crippen LogP contribution in [0, 0.1) is 10.7 Å². The quantitative estimate of drug-likeness (QED) is 0.303. The molecular weight excluding hydrogens is 389 g/mol. The summed E-state index contributed by atoms with van der Waals surface area (Å²) >= 11 is 0. The van der Waals surface area contributed by atoms with Crippen LogP contribution in [0.25, 0.3) is 5.69 Å². The van der Waals surface area contributed by atoms with Crippen molar-refractivity contribution in [1.29, 1.82) is 0 Å². The molecule has 0 spiro atoms. The van der Waals surface area contributed by atoms with Crippen molar-refractivity contribution < 1.29 is 22.3 Å². The largest absolute Gasteiger partial charge is 0.435 e. The van der Waals surface area contributed by atoms with Crippen LogP contribution < -0.4 is 5.46 Å². The first-order chi connectivity index (χ1) is 13.7. The molecule has 152 valence electrons. The first kappa shape index (κ1) is 21.2. The van der Waals surface area contributed by atoms with E-state index in [0.29, 0.717) is 24.8 Å². The summed E-state index contributed by atoms with van der Waals surface area (Å²) in [5.41, 5.74) is -0.00390. The summed E-state index contributed by atoms with van der Waals surface area (Å²) < 4.78 is 61.2. The molecule has 0 aliphatic heterocycles. The van der Waals surface area contributed by atoms with Gasteiger partial charge >= 0.3 is 6.18 Å². The molecule has 10 heteroatoms. The number of alkyl halides is 3. The molecule has 1 heterocycles. The van der Waals surface area contributed by atoms with Crippen molar-refractivity contribution in [3.8, 4) is 5.69 Å². The number of ether oxygens (including phenoxy) is 1. The Hall–Kier alpha value is -2.49. The van der Waals surface area contributed by atoms with Crippen LogP contribution in [0.2, 0.25) is 0 Å². The molecule has 0 N–H and O–H groups in total. The van der Waals surface area contributed by atoms with E-state index < -0.39 is 23.8 Å². The average molecular weight is 407 g/mol. The summed E-state index contributed by atoms with van der Waals surface area (Å²) in [6.45, 7) is 3.84. The Bertz CT molecular complexity index is 927. The van der Waals surface area contributed by atoms with Crippen molar-refractivity contribution in [1.82, 2.24) is 9.78 Å². The molecule has 1 aromatic heterocycles. The van der Waals surface area contributed by atoms with Crippen molar-refractivity contribution >= 4 is 13.3 Å². The normalized spacial score (nSPS) is 16.5. The van der Waals surface area contributed by atoms with E-state index in [2.05, 4.69) is 16.9 Å². The summed E-state index contributed by atoms with van der Waals surface area (Å²) in [5.74, 6) is -0.666. The molecule has 29 heavy (non-hydrogen) atoms. The second-order valence-electron chi connectivity index (χ2n) is 6.87. The zero-order valence-electron chi connectivity index (χ0n) is 15.5. The molecule has 0 saturated carbocycles. The fraction of sp³-hybridized carbons (Fsp3) is 0.421. The summed E-state index contributed by atoms with van der Waals surface area (Å²) in [7, 11) is 5.59. The lowest BCUT2D eigenvalue weighted by atomic mass is 9.92. The van der Waals surface area contributed by atoms with Gasteiger partial charge in [0.2, 0.25) is 0 Å². The van der Waals surface area contributed by atoms with Crippen molar-refractivity contribution in [3.63, 3.8) is 0 Å². The lowest BCUT2D eigenvalue weighted by molar-refractivity contribution is -0.142. The van der Waals surface area contributed by atoms with Crippen LogP contribution in [-0.4, -0.2) is 30.8 Å². The molecule has 0 saturated heterocycles. The minimum absolute atomic E-state index is 0.0374. The minimum Gasteiger partial charge on any atom is -0.372 e. The standard InChI is InChI=1S/C19H18BF4N3O2/c1-11(10-25-28)7-8-29-16-4-2-3-13-17(16)27(26-18(13)19(22,23)24)12-5-6-15(21)14(20)9-12/h5-6,9,16H,1-4,7-8,10H2. The maximum atomic E-state index is 13.6. The van der Waals surface area contributed by atoms with E-state index in [1.54, 1.807) is 0 Å². The van der Waals surface area contributed by atoms with E-state index in [1.807, 2.05) is 0 Å². The number of hydrogen-bond acceptors (Lipinski definition) is 4. The molecular formula is C19H18BF4N3O2. The van der Waals surface area contributed by atoms with Gasteiger partial charge in [-0.2, -0.15) is 23.2 Å². The number of fused-ring (bicyclic) bond motifs is 1. The predicted octanol–water partition coefficient (Wildman–Crippen LogP) is 3.93. The topological polar surface area (TPSA) is 56.5 Å².